The molecule has 0 aliphatic rings. The van der Waals surface area contributed by atoms with E-state index in [1.807, 2.05) is 19.1 Å². The van der Waals surface area contributed by atoms with Gasteiger partial charge in [0.2, 0.25) is 5.56 Å². The summed E-state index contributed by atoms with van der Waals surface area (Å²) in [6.45, 7) is 1.85. The SMILES string of the molecule is Cc1ccc2c(N)c(-c3ccc(=O)n(C)c3)c(=O)n(-c3ccc(Cl)cc3)c2n1. The van der Waals surface area contributed by atoms with Crippen molar-refractivity contribution in [1.82, 2.24) is 14.1 Å². The van der Waals surface area contributed by atoms with Crippen molar-refractivity contribution >= 4 is 28.3 Å². The first kappa shape index (κ1) is 18.0. The number of halogens is 1. The number of nitrogens with two attached hydrogens (primary N) is 1. The third-order valence-corrected chi connectivity index (χ3v) is 4.91. The molecule has 4 aromatic rings. The number of aromatic nitrogens is 3. The minimum absolute atomic E-state index is 0.168. The van der Waals surface area contributed by atoms with Crippen molar-refractivity contribution in [3.63, 3.8) is 0 Å². The molecule has 0 saturated carbocycles. The summed E-state index contributed by atoms with van der Waals surface area (Å²) in [5.74, 6) is 0. The Morgan fingerprint density at radius 1 is 1.00 bits per heavy atom. The van der Waals surface area contributed by atoms with Crippen LogP contribution in [-0.2, 0) is 7.05 Å². The predicted octanol–water partition coefficient (Wildman–Crippen LogP) is 3.30. The first-order chi connectivity index (χ1) is 13.4. The molecule has 0 amide bonds. The van der Waals surface area contributed by atoms with Crippen LogP contribution in [0.1, 0.15) is 5.69 Å². The number of fused-ring (bicyclic) bond motifs is 1. The number of hydrogen-bond acceptors (Lipinski definition) is 4. The minimum Gasteiger partial charge on any atom is -0.397 e. The Morgan fingerprint density at radius 3 is 2.39 bits per heavy atom. The normalized spacial score (nSPS) is 11.1. The molecular weight excluding hydrogens is 376 g/mol. The van der Waals surface area contributed by atoms with Gasteiger partial charge in [-0.15, -0.1) is 0 Å². The van der Waals surface area contributed by atoms with Crippen LogP contribution in [0.5, 0.6) is 0 Å². The monoisotopic (exact) mass is 392 g/mol. The van der Waals surface area contributed by atoms with Crippen LogP contribution in [0.2, 0.25) is 5.02 Å². The van der Waals surface area contributed by atoms with E-state index in [0.29, 0.717) is 38.6 Å². The number of pyridine rings is 3. The zero-order valence-electron chi connectivity index (χ0n) is 15.3. The lowest BCUT2D eigenvalue weighted by atomic mass is 10.0. The number of aryl methyl sites for hydroxylation is 2. The highest BCUT2D eigenvalue weighted by Crippen LogP contribution is 2.30. The van der Waals surface area contributed by atoms with Gasteiger partial charge in [-0.1, -0.05) is 11.6 Å². The summed E-state index contributed by atoms with van der Waals surface area (Å²) in [5, 5.41) is 1.22. The Kier molecular flexibility index (Phi) is 4.28. The van der Waals surface area contributed by atoms with E-state index in [0.717, 1.165) is 5.69 Å². The number of hydrogen-bond donors (Lipinski definition) is 1. The molecule has 6 nitrogen and oxygen atoms in total. The van der Waals surface area contributed by atoms with Crippen LogP contribution in [-0.4, -0.2) is 14.1 Å². The van der Waals surface area contributed by atoms with Crippen molar-refractivity contribution < 1.29 is 0 Å². The molecule has 0 atom stereocenters. The van der Waals surface area contributed by atoms with E-state index < -0.39 is 0 Å². The number of rotatable bonds is 2. The minimum atomic E-state index is -0.316. The van der Waals surface area contributed by atoms with Crippen LogP contribution in [0.15, 0.2) is 64.3 Å². The summed E-state index contributed by atoms with van der Waals surface area (Å²) >= 11 is 6.01. The molecule has 0 fully saturated rings. The smallest absolute Gasteiger partial charge is 0.266 e. The lowest BCUT2D eigenvalue weighted by molar-refractivity contribution is 0.861. The highest BCUT2D eigenvalue weighted by Gasteiger charge is 2.19. The van der Waals surface area contributed by atoms with Gasteiger partial charge in [0.25, 0.3) is 5.56 Å². The Balaban J connectivity index is 2.16. The van der Waals surface area contributed by atoms with Crippen molar-refractivity contribution in [2.24, 2.45) is 7.05 Å². The van der Waals surface area contributed by atoms with Crippen molar-refractivity contribution in [2.45, 2.75) is 6.92 Å². The maximum absolute atomic E-state index is 13.5. The second-order valence-corrected chi connectivity index (χ2v) is 7.03. The zero-order chi connectivity index (χ0) is 20.0. The molecule has 0 aliphatic heterocycles. The Morgan fingerprint density at radius 2 is 1.71 bits per heavy atom. The van der Waals surface area contributed by atoms with Gasteiger partial charge in [0.05, 0.1) is 16.9 Å². The topological polar surface area (TPSA) is 82.9 Å². The highest BCUT2D eigenvalue weighted by atomic mass is 35.5. The van der Waals surface area contributed by atoms with E-state index >= 15 is 0 Å². The van der Waals surface area contributed by atoms with Gasteiger partial charge in [-0.25, -0.2) is 4.98 Å². The average molecular weight is 393 g/mol. The second-order valence-electron chi connectivity index (χ2n) is 6.60. The molecule has 0 saturated heterocycles. The molecule has 28 heavy (non-hydrogen) atoms. The summed E-state index contributed by atoms with van der Waals surface area (Å²) < 4.78 is 2.94. The quantitative estimate of drug-likeness (QED) is 0.567. The average Bonchev–Trinajstić information content (AvgIpc) is 2.66. The molecule has 0 aliphatic carbocycles. The Bertz CT molecular complexity index is 1340. The molecule has 0 bridgehead atoms. The van der Waals surface area contributed by atoms with Crippen LogP contribution in [0, 0.1) is 6.92 Å². The molecule has 2 N–H and O–H groups in total. The molecule has 7 heteroatoms. The summed E-state index contributed by atoms with van der Waals surface area (Å²) in [6.07, 6.45) is 1.61. The number of benzene rings is 1. The van der Waals surface area contributed by atoms with Gasteiger partial charge in [-0.2, -0.15) is 0 Å². The molecule has 1 aromatic carbocycles. The summed E-state index contributed by atoms with van der Waals surface area (Å²) in [4.78, 5) is 29.8. The first-order valence-electron chi connectivity index (χ1n) is 8.61. The lowest BCUT2D eigenvalue weighted by Gasteiger charge is -2.16. The van der Waals surface area contributed by atoms with Gasteiger partial charge in [0.15, 0.2) is 0 Å². The summed E-state index contributed by atoms with van der Waals surface area (Å²) in [5.41, 5.74) is 9.00. The summed E-state index contributed by atoms with van der Waals surface area (Å²) in [7, 11) is 1.63. The van der Waals surface area contributed by atoms with Crippen molar-refractivity contribution in [3.8, 4) is 16.8 Å². The standard InChI is InChI=1S/C21H17ClN4O2/c1-12-3-9-16-19(23)18(13-4-10-17(27)25(2)11-13)21(28)26(20(16)24-12)15-7-5-14(22)6-8-15/h3-11H,23H2,1-2H3. The van der Waals surface area contributed by atoms with Gasteiger partial charge in [0, 0.05) is 41.0 Å². The Labute approximate surface area is 165 Å². The van der Waals surface area contributed by atoms with Crippen LogP contribution < -0.4 is 16.9 Å². The fourth-order valence-electron chi connectivity index (χ4n) is 3.23. The van der Waals surface area contributed by atoms with Crippen molar-refractivity contribution in [1.29, 1.82) is 0 Å². The highest BCUT2D eigenvalue weighted by molar-refractivity contribution is 6.30. The number of anilines is 1. The molecular formula is C21H17ClN4O2. The fraction of sp³-hybridized carbons (Fsp3) is 0.0952. The molecule has 0 unspecified atom stereocenters. The van der Waals surface area contributed by atoms with Gasteiger partial charge in [0.1, 0.15) is 5.65 Å². The first-order valence-corrected chi connectivity index (χ1v) is 8.99. The predicted molar refractivity (Wildman–Crippen MR) is 112 cm³/mol. The van der Waals surface area contributed by atoms with Crippen LogP contribution in [0.4, 0.5) is 5.69 Å². The Hall–Kier alpha value is -3.38. The van der Waals surface area contributed by atoms with E-state index in [4.69, 9.17) is 17.3 Å². The van der Waals surface area contributed by atoms with Gasteiger partial charge in [-0.05, 0) is 49.4 Å². The third-order valence-electron chi connectivity index (χ3n) is 4.66. The van der Waals surface area contributed by atoms with Crippen molar-refractivity contribution in [3.05, 3.63) is 86.2 Å². The second kappa shape index (κ2) is 6.65. The van der Waals surface area contributed by atoms with E-state index in [1.165, 1.54) is 15.2 Å². The van der Waals surface area contributed by atoms with Crippen molar-refractivity contribution in [2.75, 3.05) is 5.73 Å². The maximum Gasteiger partial charge on any atom is 0.266 e. The molecule has 140 valence electrons. The van der Waals surface area contributed by atoms with Crippen LogP contribution >= 0.6 is 11.6 Å². The zero-order valence-corrected chi connectivity index (χ0v) is 16.1. The molecule has 0 spiro atoms. The van der Waals surface area contributed by atoms with Gasteiger partial charge < -0.3 is 10.3 Å². The maximum atomic E-state index is 13.5. The number of nitrogens with zero attached hydrogens (tertiary/aromatic N) is 3. The van der Waals surface area contributed by atoms with Gasteiger partial charge >= 0.3 is 0 Å². The van der Waals surface area contributed by atoms with Crippen LogP contribution in [0.3, 0.4) is 0 Å². The third kappa shape index (κ3) is 2.88. The summed E-state index contributed by atoms with van der Waals surface area (Å²) in [6, 6.07) is 13.7. The molecule has 3 aromatic heterocycles. The van der Waals surface area contributed by atoms with Gasteiger partial charge in [-0.3, -0.25) is 14.2 Å². The molecule has 3 heterocycles. The van der Waals surface area contributed by atoms with E-state index in [2.05, 4.69) is 4.98 Å². The van der Waals surface area contributed by atoms with Crippen LogP contribution in [0.25, 0.3) is 27.8 Å². The van der Waals surface area contributed by atoms with E-state index in [9.17, 15) is 9.59 Å². The van der Waals surface area contributed by atoms with E-state index in [1.54, 1.807) is 43.6 Å². The largest absolute Gasteiger partial charge is 0.397 e. The fourth-order valence-corrected chi connectivity index (χ4v) is 3.36. The lowest BCUT2D eigenvalue weighted by Crippen LogP contribution is -2.24. The molecule has 0 radical (unpaired) electrons. The van der Waals surface area contributed by atoms with E-state index in [-0.39, 0.29) is 11.1 Å². The molecule has 4 rings (SSSR count). The number of nitrogen functional groups attached to an aromatic ring is 1.